The van der Waals surface area contributed by atoms with Gasteiger partial charge in [-0.1, -0.05) is 25.0 Å². The molecule has 0 spiro atoms. The van der Waals surface area contributed by atoms with Crippen molar-refractivity contribution in [3.05, 3.63) is 35.9 Å². The van der Waals surface area contributed by atoms with Crippen molar-refractivity contribution in [2.45, 2.75) is 51.2 Å². The van der Waals surface area contributed by atoms with E-state index in [0.717, 1.165) is 31.4 Å². The summed E-state index contributed by atoms with van der Waals surface area (Å²) < 4.78 is 35.4. The van der Waals surface area contributed by atoms with Crippen LogP contribution in [0.3, 0.4) is 0 Å². The first-order chi connectivity index (χ1) is 13.6. The molecule has 0 saturated heterocycles. The van der Waals surface area contributed by atoms with Crippen molar-refractivity contribution in [3.8, 4) is 11.5 Å². The molecular formula is C21H24F2N2O3. The van der Waals surface area contributed by atoms with Gasteiger partial charge < -0.3 is 9.47 Å². The van der Waals surface area contributed by atoms with Gasteiger partial charge in [-0.15, -0.1) is 0 Å². The summed E-state index contributed by atoms with van der Waals surface area (Å²) in [6.07, 6.45) is 9.62. The van der Waals surface area contributed by atoms with Gasteiger partial charge in [-0.2, -0.15) is 13.9 Å². The van der Waals surface area contributed by atoms with Crippen LogP contribution in [0.5, 0.6) is 11.5 Å². The normalized spacial score (nSPS) is 25.1. The predicted molar refractivity (Wildman–Crippen MR) is 101 cm³/mol. The molecular weight excluding hydrogens is 366 g/mol. The van der Waals surface area contributed by atoms with Gasteiger partial charge in [-0.25, -0.2) is 5.01 Å². The average molecular weight is 390 g/mol. The quantitative estimate of drug-likeness (QED) is 0.702. The number of nitrogens with zero attached hydrogens (tertiary/aromatic N) is 2. The minimum Gasteiger partial charge on any atom is -0.493 e. The van der Waals surface area contributed by atoms with Crippen LogP contribution in [0.4, 0.5) is 8.78 Å². The van der Waals surface area contributed by atoms with Gasteiger partial charge in [-0.05, 0) is 43.9 Å². The summed E-state index contributed by atoms with van der Waals surface area (Å²) in [4.78, 5) is 13.1. The second-order valence-electron chi connectivity index (χ2n) is 7.51. The molecule has 3 aliphatic rings. The lowest BCUT2D eigenvalue weighted by atomic mass is 9.76. The van der Waals surface area contributed by atoms with Gasteiger partial charge >= 0.3 is 6.61 Å². The number of amides is 1. The fourth-order valence-corrected chi connectivity index (χ4v) is 4.51. The summed E-state index contributed by atoms with van der Waals surface area (Å²) in [6, 6.07) is 5.08. The first kappa shape index (κ1) is 18.9. The van der Waals surface area contributed by atoms with E-state index in [0.29, 0.717) is 18.4 Å². The summed E-state index contributed by atoms with van der Waals surface area (Å²) in [7, 11) is 1.41. The highest BCUT2D eigenvalue weighted by Gasteiger charge is 2.42. The maximum absolute atomic E-state index is 13.1. The lowest BCUT2D eigenvalue weighted by Crippen LogP contribution is -2.48. The molecule has 1 fully saturated rings. The SMILES string of the molecule is COc1ccc(C2=NN(C3CCCC3)C(=O)[C@@H]3CC=CC[C@H]23)cc1OC(F)F. The van der Waals surface area contributed by atoms with Crippen molar-refractivity contribution >= 4 is 11.6 Å². The lowest BCUT2D eigenvalue weighted by molar-refractivity contribution is -0.140. The highest BCUT2D eigenvalue weighted by molar-refractivity contribution is 6.07. The van der Waals surface area contributed by atoms with Crippen molar-refractivity contribution in [2.24, 2.45) is 16.9 Å². The van der Waals surface area contributed by atoms with Crippen LogP contribution < -0.4 is 9.47 Å². The maximum atomic E-state index is 13.1. The van der Waals surface area contributed by atoms with E-state index in [1.165, 1.54) is 7.11 Å². The van der Waals surface area contributed by atoms with Gasteiger partial charge in [0.05, 0.1) is 24.8 Å². The molecule has 28 heavy (non-hydrogen) atoms. The van der Waals surface area contributed by atoms with Crippen molar-refractivity contribution in [3.63, 3.8) is 0 Å². The molecule has 5 nitrogen and oxygen atoms in total. The summed E-state index contributed by atoms with van der Waals surface area (Å²) in [6.45, 7) is -2.95. The molecule has 1 aromatic rings. The zero-order chi connectivity index (χ0) is 19.7. The third kappa shape index (κ3) is 3.50. The molecule has 7 heteroatoms. The molecule has 4 rings (SSSR count). The lowest BCUT2D eigenvalue weighted by Gasteiger charge is -2.39. The van der Waals surface area contributed by atoms with Crippen molar-refractivity contribution in [1.29, 1.82) is 0 Å². The number of rotatable bonds is 5. The van der Waals surface area contributed by atoms with Crippen molar-refractivity contribution in [2.75, 3.05) is 7.11 Å². The Morgan fingerprint density at radius 1 is 1.11 bits per heavy atom. The minimum absolute atomic E-state index is 0.0232. The fraction of sp³-hybridized carbons (Fsp3) is 0.524. The third-order valence-electron chi connectivity index (χ3n) is 5.89. The molecule has 1 heterocycles. The largest absolute Gasteiger partial charge is 0.493 e. The smallest absolute Gasteiger partial charge is 0.387 e. The molecule has 1 amide bonds. The maximum Gasteiger partial charge on any atom is 0.387 e. The highest BCUT2D eigenvalue weighted by Crippen LogP contribution is 2.39. The molecule has 1 saturated carbocycles. The minimum atomic E-state index is -2.95. The van der Waals surface area contributed by atoms with Gasteiger partial charge in [0, 0.05) is 11.5 Å². The number of allylic oxidation sites excluding steroid dienone is 2. The van der Waals surface area contributed by atoms with E-state index in [9.17, 15) is 13.6 Å². The first-order valence-electron chi connectivity index (χ1n) is 9.78. The van der Waals surface area contributed by atoms with Gasteiger partial charge in [0.2, 0.25) is 5.91 Å². The topological polar surface area (TPSA) is 51.1 Å². The Bertz CT molecular complexity index is 803. The molecule has 0 aromatic heterocycles. The van der Waals surface area contributed by atoms with Gasteiger partial charge in [0.25, 0.3) is 0 Å². The number of hydrogen-bond donors (Lipinski definition) is 0. The summed E-state index contributed by atoms with van der Waals surface area (Å²) in [5.41, 5.74) is 1.46. The number of carbonyl (C=O) groups is 1. The number of benzene rings is 1. The van der Waals surface area contributed by atoms with E-state index < -0.39 is 6.61 Å². The van der Waals surface area contributed by atoms with Gasteiger partial charge in [0.1, 0.15) is 0 Å². The first-order valence-corrected chi connectivity index (χ1v) is 9.78. The van der Waals surface area contributed by atoms with Crippen LogP contribution in [0.2, 0.25) is 0 Å². The number of hydrazone groups is 1. The Kier molecular flexibility index (Phi) is 5.33. The summed E-state index contributed by atoms with van der Waals surface area (Å²) in [5.74, 6) is 0.0966. The number of alkyl halides is 2. The molecule has 0 radical (unpaired) electrons. The van der Waals surface area contributed by atoms with Crippen LogP contribution in [0.1, 0.15) is 44.1 Å². The van der Waals surface area contributed by atoms with E-state index in [-0.39, 0.29) is 35.3 Å². The zero-order valence-corrected chi connectivity index (χ0v) is 15.8. The Morgan fingerprint density at radius 3 is 2.50 bits per heavy atom. The summed E-state index contributed by atoms with van der Waals surface area (Å²) >= 11 is 0. The van der Waals surface area contributed by atoms with Crippen LogP contribution in [0.25, 0.3) is 0 Å². The average Bonchev–Trinajstić information content (AvgIpc) is 3.22. The number of fused-ring (bicyclic) bond motifs is 1. The fourth-order valence-electron chi connectivity index (χ4n) is 4.51. The molecule has 0 unspecified atom stereocenters. The number of ether oxygens (including phenoxy) is 2. The molecule has 150 valence electrons. The second-order valence-corrected chi connectivity index (χ2v) is 7.51. The van der Waals surface area contributed by atoms with Gasteiger partial charge in [-0.3, -0.25) is 4.79 Å². The third-order valence-corrected chi connectivity index (χ3v) is 5.89. The number of hydrogen-bond acceptors (Lipinski definition) is 4. The Morgan fingerprint density at radius 2 is 1.82 bits per heavy atom. The number of carbonyl (C=O) groups excluding carboxylic acids is 1. The summed E-state index contributed by atoms with van der Waals surface area (Å²) in [5, 5.41) is 6.43. The number of methoxy groups -OCH3 is 1. The van der Waals surface area contributed by atoms with E-state index >= 15 is 0 Å². The monoisotopic (exact) mass is 390 g/mol. The van der Waals surface area contributed by atoms with Crippen LogP contribution in [0.15, 0.2) is 35.5 Å². The van der Waals surface area contributed by atoms with Crippen LogP contribution in [0, 0.1) is 11.8 Å². The van der Waals surface area contributed by atoms with Crippen LogP contribution in [-0.4, -0.2) is 36.4 Å². The Balaban J connectivity index is 1.75. The Hall–Kier alpha value is -2.44. The number of halogens is 2. The van der Waals surface area contributed by atoms with Crippen LogP contribution >= 0.6 is 0 Å². The zero-order valence-electron chi connectivity index (χ0n) is 15.8. The molecule has 0 bridgehead atoms. The van der Waals surface area contributed by atoms with E-state index in [2.05, 4.69) is 10.8 Å². The van der Waals surface area contributed by atoms with Crippen molar-refractivity contribution in [1.82, 2.24) is 5.01 Å². The predicted octanol–water partition coefficient (Wildman–Crippen LogP) is 4.37. The highest BCUT2D eigenvalue weighted by atomic mass is 19.3. The molecule has 0 N–H and O–H groups in total. The molecule has 1 aromatic carbocycles. The molecule has 2 aliphatic carbocycles. The van der Waals surface area contributed by atoms with Crippen LogP contribution in [-0.2, 0) is 4.79 Å². The Labute approximate surface area is 163 Å². The van der Waals surface area contributed by atoms with E-state index in [4.69, 9.17) is 9.84 Å². The standard InChI is InChI=1S/C21H24F2N2O3/c1-27-17-11-10-13(12-18(17)28-21(22)23)19-15-8-4-5-9-16(15)20(26)25(24-19)14-6-2-3-7-14/h4-5,10-12,14-16,21H,2-3,6-9H2,1H3/t15-,16+/m0/s1. The molecule has 1 aliphatic heterocycles. The van der Waals surface area contributed by atoms with Gasteiger partial charge in [0.15, 0.2) is 11.5 Å². The molecule has 2 atom stereocenters. The van der Waals surface area contributed by atoms with E-state index in [1.807, 2.05) is 6.08 Å². The van der Waals surface area contributed by atoms with E-state index in [1.54, 1.807) is 23.2 Å². The second kappa shape index (κ2) is 7.89. The van der Waals surface area contributed by atoms with Crippen molar-refractivity contribution < 1.29 is 23.0 Å².